The van der Waals surface area contributed by atoms with E-state index in [1.54, 1.807) is 30.1 Å². The van der Waals surface area contributed by atoms with Crippen LogP contribution >= 0.6 is 0 Å². The maximum absolute atomic E-state index is 13.0. The van der Waals surface area contributed by atoms with Crippen LogP contribution in [0.25, 0.3) is 0 Å². The Hall–Kier alpha value is -3.02. The quantitative estimate of drug-likeness (QED) is 0.850. The van der Waals surface area contributed by atoms with Gasteiger partial charge in [-0.2, -0.15) is 0 Å². The van der Waals surface area contributed by atoms with Crippen LogP contribution in [-0.2, 0) is 11.2 Å². The summed E-state index contributed by atoms with van der Waals surface area (Å²) in [6.07, 6.45) is 0.637. The molecule has 2 aromatic carbocycles. The maximum atomic E-state index is 13.0. The molecule has 0 saturated heterocycles. The molecule has 1 aliphatic rings. The Morgan fingerprint density at radius 1 is 1.07 bits per heavy atom. The molecule has 0 aromatic heterocycles. The molecule has 0 fully saturated rings. The number of nitrogens with two attached hydrogens (primary N) is 1. The average Bonchev–Trinajstić information content (AvgIpc) is 2.93. The SMILES string of the molecule is CN(C(=O)c1ccc2c(c1)OC(C)(C)O2)C(CC(N)=O)Cc1ccccc1. The summed E-state index contributed by atoms with van der Waals surface area (Å²) in [5.41, 5.74) is 6.92. The molecular weight excluding hydrogens is 344 g/mol. The highest BCUT2D eigenvalue weighted by Crippen LogP contribution is 2.39. The Bertz CT molecular complexity index is 849. The molecule has 6 nitrogen and oxygen atoms in total. The van der Waals surface area contributed by atoms with Crippen molar-refractivity contribution >= 4 is 11.8 Å². The van der Waals surface area contributed by atoms with Gasteiger partial charge in [0, 0.05) is 38.9 Å². The lowest BCUT2D eigenvalue weighted by Gasteiger charge is -2.28. The number of likely N-dealkylation sites (N-methyl/N-ethyl adjacent to an activating group) is 1. The van der Waals surface area contributed by atoms with Gasteiger partial charge in [0.2, 0.25) is 11.7 Å². The zero-order valence-electron chi connectivity index (χ0n) is 15.8. The van der Waals surface area contributed by atoms with E-state index in [1.165, 1.54) is 0 Å². The van der Waals surface area contributed by atoms with E-state index in [-0.39, 0.29) is 18.4 Å². The molecule has 2 N–H and O–H groups in total. The number of fused-ring (bicyclic) bond motifs is 1. The fourth-order valence-electron chi connectivity index (χ4n) is 3.19. The molecule has 142 valence electrons. The Kier molecular flexibility index (Phi) is 5.08. The van der Waals surface area contributed by atoms with Crippen molar-refractivity contribution in [3.8, 4) is 11.5 Å². The Morgan fingerprint density at radius 3 is 2.41 bits per heavy atom. The minimum atomic E-state index is -0.752. The highest BCUT2D eigenvalue weighted by atomic mass is 16.7. The van der Waals surface area contributed by atoms with Crippen LogP contribution in [0.1, 0.15) is 36.2 Å². The lowest BCUT2D eigenvalue weighted by Crippen LogP contribution is -2.41. The van der Waals surface area contributed by atoms with Gasteiger partial charge in [0.25, 0.3) is 5.91 Å². The summed E-state index contributed by atoms with van der Waals surface area (Å²) in [5, 5.41) is 0. The highest BCUT2D eigenvalue weighted by molar-refractivity contribution is 5.95. The number of hydrogen-bond acceptors (Lipinski definition) is 4. The number of benzene rings is 2. The predicted octanol–water partition coefficient (Wildman–Crippen LogP) is 2.75. The number of ether oxygens (including phenoxy) is 2. The monoisotopic (exact) mass is 368 g/mol. The van der Waals surface area contributed by atoms with E-state index < -0.39 is 11.7 Å². The first-order valence-corrected chi connectivity index (χ1v) is 8.86. The first-order chi connectivity index (χ1) is 12.7. The van der Waals surface area contributed by atoms with Gasteiger partial charge in [0.15, 0.2) is 11.5 Å². The molecule has 2 aromatic rings. The molecule has 6 heteroatoms. The third-order valence-electron chi connectivity index (χ3n) is 4.52. The summed E-state index contributed by atoms with van der Waals surface area (Å²) in [6, 6.07) is 14.5. The number of rotatable bonds is 6. The van der Waals surface area contributed by atoms with E-state index in [2.05, 4.69) is 0 Å². The minimum absolute atomic E-state index is 0.0920. The predicted molar refractivity (Wildman–Crippen MR) is 102 cm³/mol. The molecule has 0 aliphatic carbocycles. The zero-order valence-corrected chi connectivity index (χ0v) is 15.8. The topological polar surface area (TPSA) is 81.9 Å². The molecule has 0 bridgehead atoms. The molecule has 1 aliphatic heterocycles. The van der Waals surface area contributed by atoms with Gasteiger partial charge in [0.1, 0.15) is 0 Å². The largest absolute Gasteiger partial charge is 0.449 e. The summed E-state index contributed by atoms with van der Waals surface area (Å²) in [7, 11) is 1.69. The van der Waals surface area contributed by atoms with Crippen LogP contribution in [0.4, 0.5) is 0 Å². The Morgan fingerprint density at radius 2 is 1.74 bits per heavy atom. The molecule has 0 radical (unpaired) electrons. The van der Waals surface area contributed by atoms with E-state index in [1.807, 2.05) is 44.2 Å². The van der Waals surface area contributed by atoms with Crippen molar-refractivity contribution in [2.75, 3.05) is 7.05 Å². The van der Waals surface area contributed by atoms with Gasteiger partial charge in [-0.1, -0.05) is 30.3 Å². The summed E-state index contributed by atoms with van der Waals surface area (Å²) in [4.78, 5) is 26.1. The van der Waals surface area contributed by atoms with Gasteiger partial charge in [-0.15, -0.1) is 0 Å². The third-order valence-corrected chi connectivity index (χ3v) is 4.52. The number of primary amides is 1. The van der Waals surface area contributed by atoms with Gasteiger partial charge in [-0.05, 0) is 30.2 Å². The van der Waals surface area contributed by atoms with Crippen LogP contribution in [0.15, 0.2) is 48.5 Å². The fraction of sp³-hybridized carbons (Fsp3) is 0.333. The van der Waals surface area contributed by atoms with Crippen LogP contribution in [-0.4, -0.2) is 35.6 Å². The van der Waals surface area contributed by atoms with Crippen molar-refractivity contribution in [3.05, 3.63) is 59.7 Å². The average molecular weight is 368 g/mol. The first kappa shape index (κ1) is 18.8. The second-order valence-corrected chi connectivity index (χ2v) is 7.20. The molecule has 1 heterocycles. The van der Waals surface area contributed by atoms with Gasteiger partial charge in [-0.25, -0.2) is 0 Å². The van der Waals surface area contributed by atoms with Crippen molar-refractivity contribution in [2.45, 2.75) is 38.5 Å². The zero-order chi connectivity index (χ0) is 19.6. The second kappa shape index (κ2) is 7.31. The van der Waals surface area contributed by atoms with Crippen molar-refractivity contribution in [3.63, 3.8) is 0 Å². The van der Waals surface area contributed by atoms with Crippen LogP contribution in [0.5, 0.6) is 11.5 Å². The molecule has 2 amide bonds. The fourth-order valence-corrected chi connectivity index (χ4v) is 3.19. The molecule has 1 atom stereocenters. The Labute approximate surface area is 158 Å². The first-order valence-electron chi connectivity index (χ1n) is 8.86. The summed E-state index contributed by atoms with van der Waals surface area (Å²) < 4.78 is 11.4. The maximum Gasteiger partial charge on any atom is 0.254 e. The molecule has 0 spiro atoms. The van der Waals surface area contributed by atoms with Crippen LogP contribution in [0.3, 0.4) is 0 Å². The van der Waals surface area contributed by atoms with Gasteiger partial charge < -0.3 is 20.1 Å². The standard InChI is InChI=1S/C21H24N2O4/c1-21(2)26-17-10-9-15(12-18(17)27-21)20(25)23(3)16(13-19(22)24)11-14-7-5-4-6-8-14/h4-10,12,16H,11,13H2,1-3H3,(H2,22,24). The van der Waals surface area contributed by atoms with E-state index in [0.717, 1.165) is 5.56 Å². The van der Waals surface area contributed by atoms with Gasteiger partial charge in [-0.3, -0.25) is 9.59 Å². The third kappa shape index (κ3) is 4.39. The molecule has 1 unspecified atom stereocenters. The highest BCUT2D eigenvalue weighted by Gasteiger charge is 2.33. The number of nitrogens with zero attached hydrogens (tertiary/aromatic N) is 1. The normalized spacial score (nSPS) is 15.2. The van der Waals surface area contributed by atoms with Crippen molar-refractivity contribution < 1.29 is 19.1 Å². The number of amides is 2. The van der Waals surface area contributed by atoms with Crippen LogP contribution in [0.2, 0.25) is 0 Å². The summed E-state index contributed by atoms with van der Waals surface area (Å²) >= 11 is 0. The van der Waals surface area contributed by atoms with E-state index >= 15 is 0 Å². The van der Waals surface area contributed by atoms with Crippen molar-refractivity contribution in [2.24, 2.45) is 5.73 Å². The van der Waals surface area contributed by atoms with Crippen LogP contribution < -0.4 is 15.2 Å². The molecule has 3 rings (SSSR count). The summed E-state index contributed by atoms with van der Waals surface area (Å²) in [5.74, 6) is -0.250. The van der Waals surface area contributed by atoms with Crippen molar-refractivity contribution in [1.82, 2.24) is 4.90 Å². The van der Waals surface area contributed by atoms with E-state index in [0.29, 0.717) is 23.5 Å². The summed E-state index contributed by atoms with van der Waals surface area (Å²) in [6.45, 7) is 3.62. The van der Waals surface area contributed by atoms with E-state index in [9.17, 15) is 9.59 Å². The minimum Gasteiger partial charge on any atom is -0.449 e. The molecule has 0 saturated carbocycles. The van der Waals surface area contributed by atoms with Gasteiger partial charge >= 0.3 is 0 Å². The number of hydrogen-bond donors (Lipinski definition) is 1. The van der Waals surface area contributed by atoms with Crippen LogP contribution in [0, 0.1) is 0 Å². The van der Waals surface area contributed by atoms with Gasteiger partial charge in [0.05, 0.1) is 0 Å². The second-order valence-electron chi connectivity index (χ2n) is 7.20. The lowest BCUT2D eigenvalue weighted by molar-refractivity contribution is -0.118. The Balaban J connectivity index is 1.80. The lowest BCUT2D eigenvalue weighted by atomic mass is 10.0. The molecule has 27 heavy (non-hydrogen) atoms. The number of carbonyl (C=O) groups is 2. The van der Waals surface area contributed by atoms with E-state index in [4.69, 9.17) is 15.2 Å². The molecular formula is C21H24N2O4. The number of carbonyl (C=O) groups excluding carboxylic acids is 2. The smallest absolute Gasteiger partial charge is 0.254 e. The van der Waals surface area contributed by atoms with Crippen molar-refractivity contribution in [1.29, 1.82) is 0 Å².